The van der Waals surface area contributed by atoms with Gasteiger partial charge in [0.15, 0.2) is 0 Å². The van der Waals surface area contributed by atoms with Crippen LogP contribution in [-0.4, -0.2) is 69.4 Å². The summed E-state index contributed by atoms with van der Waals surface area (Å²) in [6.45, 7) is 6.76. The molecule has 3 unspecified atom stereocenters. The third-order valence-corrected chi connectivity index (χ3v) is 17.6. The maximum atomic E-state index is 13.6. The molecule has 0 fully saturated rings. The predicted octanol–water partition coefficient (Wildman–Crippen LogP) is 23.3. The number of likely N-dealkylation sites (N-methyl/N-ethyl adjacent to an activating group) is 1. The molecule has 0 rings (SSSR count). The van der Waals surface area contributed by atoms with Crippen LogP contribution in [0.15, 0.2) is 72.9 Å². The molecule has 3 atom stereocenters. The standard InChI is InChI=1S/C77H143N2O7P/c1-7-10-13-16-19-22-25-27-29-31-33-35-37-38-39-40-42-44-46-48-50-52-55-58-61-64-67-70-77(81)86-75(68-65-62-59-56-53-24-21-18-15-12-9-3)74(73-85-87(82,83)84-72-71-79(4,5)6)78-76(80)69-66-63-60-57-54-51-49-47-45-43-41-36-34-32-30-28-26-23-20-17-14-11-8-2/h11,14,20,23,28,30,34,36,43,45,65,68,74-75H,7-10,12-13,15-19,21-22,24-27,29,31-33,35,37-42,44,46-64,66-67,69-73H2,1-6H3,(H-,78,80,82,83)/b14-11-,23-20-,30-28-,36-34-,45-43-,68-65+. The molecule has 0 aromatic heterocycles. The van der Waals surface area contributed by atoms with Crippen LogP contribution in [0.25, 0.3) is 0 Å². The molecule has 10 heteroatoms. The van der Waals surface area contributed by atoms with Crippen LogP contribution < -0.4 is 10.2 Å². The van der Waals surface area contributed by atoms with Crippen LogP contribution in [0.5, 0.6) is 0 Å². The molecular weight excluding hydrogens is 1100 g/mol. The van der Waals surface area contributed by atoms with Crippen molar-refractivity contribution >= 4 is 19.7 Å². The summed E-state index contributed by atoms with van der Waals surface area (Å²) < 4.78 is 30.5. The lowest BCUT2D eigenvalue weighted by molar-refractivity contribution is -0.870. The van der Waals surface area contributed by atoms with Gasteiger partial charge < -0.3 is 28.5 Å². The van der Waals surface area contributed by atoms with Gasteiger partial charge in [-0.25, -0.2) is 0 Å². The minimum absolute atomic E-state index is 0.0255. The van der Waals surface area contributed by atoms with Crippen LogP contribution >= 0.6 is 7.82 Å². The number of carbonyl (C=O) groups excluding carboxylic acids is 2. The highest BCUT2D eigenvalue weighted by molar-refractivity contribution is 7.45. The molecule has 0 aromatic rings. The SMILES string of the molecule is CC/C=C\C/C=C\C/C=C\C/C=C\C/C=C\CCCCCCCCCC(=O)NC(COP(=O)([O-])OCC[N+](C)(C)C)C(/C=C/CCCCCCCCCCC)OC(=O)CCCCCCCCCCCCCCCCCCCCCCCCCCCCC. The number of phosphoric ester groups is 1. The van der Waals surface area contributed by atoms with Gasteiger partial charge in [0.25, 0.3) is 7.82 Å². The first kappa shape index (κ1) is 84.5. The van der Waals surface area contributed by atoms with E-state index in [9.17, 15) is 19.0 Å². The highest BCUT2D eigenvalue weighted by Crippen LogP contribution is 2.38. The highest BCUT2D eigenvalue weighted by atomic mass is 31.2. The second-order valence-electron chi connectivity index (χ2n) is 26.4. The van der Waals surface area contributed by atoms with Gasteiger partial charge in [0, 0.05) is 12.8 Å². The second kappa shape index (κ2) is 66.4. The molecule has 0 radical (unpaired) electrons. The number of nitrogens with zero attached hydrogens (tertiary/aromatic N) is 1. The largest absolute Gasteiger partial charge is 0.756 e. The summed E-state index contributed by atoms with van der Waals surface area (Å²) in [5, 5.41) is 3.04. The van der Waals surface area contributed by atoms with Gasteiger partial charge in [0.2, 0.25) is 5.91 Å². The van der Waals surface area contributed by atoms with E-state index in [1.54, 1.807) is 0 Å². The van der Waals surface area contributed by atoms with Crippen molar-refractivity contribution in [1.29, 1.82) is 0 Å². The van der Waals surface area contributed by atoms with E-state index >= 15 is 0 Å². The number of unbranched alkanes of at least 4 members (excludes halogenated alkanes) is 42. The van der Waals surface area contributed by atoms with Crippen molar-refractivity contribution in [1.82, 2.24) is 5.32 Å². The van der Waals surface area contributed by atoms with Crippen molar-refractivity contribution in [3.8, 4) is 0 Å². The Morgan fingerprint density at radius 3 is 1.10 bits per heavy atom. The van der Waals surface area contributed by atoms with Gasteiger partial charge in [-0.15, -0.1) is 0 Å². The molecule has 0 bridgehead atoms. The molecule has 0 aliphatic rings. The zero-order valence-corrected chi connectivity index (χ0v) is 59.1. The van der Waals surface area contributed by atoms with E-state index in [1.165, 1.54) is 218 Å². The number of hydrogen-bond acceptors (Lipinski definition) is 7. The molecule has 0 aromatic carbocycles. The van der Waals surface area contributed by atoms with E-state index in [0.717, 1.165) is 103 Å². The van der Waals surface area contributed by atoms with E-state index in [2.05, 4.69) is 86.8 Å². The Kier molecular flexibility index (Phi) is 64.4. The van der Waals surface area contributed by atoms with Gasteiger partial charge >= 0.3 is 5.97 Å². The van der Waals surface area contributed by atoms with Gasteiger partial charge in [-0.2, -0.15) is 0 Å². The first-order valence-electron chi connectivity index (χ1n) is 37.2. The Labute approximate surface area is 540 Å². The topological polar surface area (TPSA) is 114 Å². The van der Waals surface area contributed by atoms with Crippen LogP contribution in [0, 0.1) is 0 Å². The Balaban J connectivity index is 4.95. The fourth-order valence-electron chi connectivity index (χ4n) is 11.0. The molecule has 0 aliphatic carbocycles. The number of quaternary nitrogens is 1. The van der Waals surface area contributed by atoms with Crippen molar-refractivity contribution in [3.05, 3.63) is 72.9 Å². The lowest BCUT2D eigenvalue weighted by Crippen LogP contribution is -2.47. The predicted molar refractivity (Wildman–Crippen MR) is 376 cm³/mol. The summed E-state index contributed by atoms with van der Waals surface area (Å²) in [6, 6.07) is -0.896. The average molecular weight is 1240 g/mol. The molecule has 1 amide bonds. The Bertz CT molecular complexity index is 1720. The summed E-state index contributed by atoms with van der Waals surface area (Å²) in [4.78, 5) is 40.2. The second-order valence-corrected chi connectivity index (χ2v) is 27.8. The summed E-state index contributed by atoms with van der Waals surface area (Å²) >= 11 is 0. The zero-order chi connectivity index (χ0) is 63.5. The molecule has 0 aliphatic heterocycles. The maximum absolute atomic E-state index is 13.6. The number of carbonyl (C=O) groups is 2. The smallest absolute Gasteiger partial charge is 0.306 e. The molecule has 0 saturated carbocycles. The van der Waals surface area contributed by atoms with E-state index in [1.807, 2.05) is 33.3 Å². The molecular formula is C77H143N2O7P. The average Bonchev–Trinajstić information content (AvgIpc) is 3.70. The number of ether oxygens (including phenoxy) is 1. The molecule has 0 heterocycles. The number of rotatable bonds is 68. The van der Waals surface area contributed by atoms with E-state index < -0.39 is 26.6 Å². The van der Waals surface area contributed by atoms with Crippen molar-refractivity contribution in [2.24, 2.45) is 0 Å². The molecule has 0 saturated heterocycles. The fourth-order valence-corrected chi connectivity index (χ4v) is 11.7. The number of hydrogen-bond donors (Lipinski definition) is 1. The summed E-state index contributed by atoms with van der Waals surface area (Å²) in [7, 11) is 1.18. The summed E-state index contributed by atoms with van der Waals surface area (Å²) in [5.41, 5.74) is 0. The number of amides is 1. The Morgan fingerprint density at radius 2 is 0.736 bits per heavy atom. The van der Waals surface area contributed by atoms with Crippen molar-refractivity contribution in [2.75, 3.05) is 40.9 Å². The lowest BCUT2D eigenvalue weighted by Gasteiger charge is -2.30. The lowest BCUT2D eigenvalue weighted by atomic mass is 10.0. The fraction of sp³-hybridized carbons (Fsp3) is 0.818. The van der Waals surface area contributed by atoms with Crippen molar-refractivity contribution < 1.29 is 37.3 Å². The zero-order valence-electron chi connectivity index (χ0n) is 58.2. The van der Waals surface area contributed by atoms with Crippen LogP contribution in [0.3, 0.4) is 0 Å². The summed E-state index contributed by atoms with van der Waals surface area (Å²) in [5.74, 6) is -0.541. The third kappa shape index (κ3) is 67.7. The minimum atomic E-state index is -4.71. The van der Waals surface area contributed by atoms with E-state index in [4.69, 9.17) is 13.8 Å². The van der Waals surface area contributed by atoms with E-state index in [0.29, 0.717) is 17.4 Å². The van der Waals surface area contributed by atoms with E-state index in [-0.39, 0.29) is 24.9 Å². The van der Waals surface area contributed by atoms with Crippen LogP contribution in [0.1, 0.15) is 355 Å². The molecule has 87 heavy (non-hydrogen) atoms. The number of phosphoric acid groups is 1. The van der Waals surface area contributed by atoms with Gasteiger partial charge in [0.1, 0.15) is 19.3 Å². The monoisotopic (exact) mass is 1240 g/mol. The maximum Gasteiger partial charge on any atom is 0.306 e. The number of nitrogens with one attached hydrogen (secondary N) is 1. The number of allylic oxidation sites excluding steroid dienone is 11. The van der Waals surface area contributed by atoms with Crippen molar-refractivity contribution in [2.45, 2.75) is 367 Å². The van der Waals surface area contributed by atoms with Crippen molar-refractivity contribution in [3.63, 3.8) is 0 Å². The third-order valence-electron chi connectivity index (χ3n) is 16.7. The van der Waals surface area contributed by atoms with Gasteiger partial charge in [0.05, 0.1) is 33.8 Å². The van der Waals surface area contributed by atoms with Gasteiger partial charge in [-0.3, -0.25) is 14.2 Å². The van der Waals surface area contributed by atoms with Gasteiger partial charge in [-0.1, -0.05) is 338 Å². The highest BCUT2D eigenvalue weighted by Gasteiger charge is 2.27. The first-order chi connectivity index (χ1) is 42.4. The first-order valence-corrected chi connectivity index (χ1v) is 38.7. The molecule has 1 N–H and O–H groups in total. The quantitative estimate of drug-likeness (QED) is 0.0212. The molecule has 0 spiro atoms. The minimum Gasteiger partial charge on any atom is -0.756 e. The van der Waals surface area contributed by atoms with Crippen LogP contribution in [0.2, 0.25) is 0 Å². The normalized spacial score (nSPS) is 13.9. The molecule has 508 valence electrons. The number of esters is 1. The summed E-state index contributed by atoms with van der Waals surface area (Å²) in [6.07, 6.45) is 87.6. The van der Waals surface area contributed by atoms with Gasteiger partial charge in [-0.05, 0) is 76.7 Å². The Hall–Kier alpha value is -2.55. The molecule has 9 nitrogen and oxygen atoms in total. The van der Waals surface area contributed by atoms with Crippen LogP contribution in [-0.2, 0) is 27.9 Å². The van der Waals surface area contributed by atoms with Crippen LogP contribution in [0.4, 0.5) is 0 Å². The Morgan fingerprint density at radius 1 is 0.414 bits per heavy atom.